The van der Waals surface area contributed by atoms with Crippen molar-refractivity contribution in [3.05, 3.63) is 22.8 Å². The second-order valence-electron chi connectivity index (χ2n) is 7.15. The van der Waals surface area contributed by atoms with Crippen molar-refractivity contribution in [3.8, 4) is 5.88 Å². The molecular weight excluding hydrogens is 439 g/mol. The van der Waals surface area contributed by atoms with Crippen molar-refractivity contribution in [1.82, 2.24) is 14.8 Å². The summed E-state index contributed by atoms with van der Waals surface area (Å²) >= 11 is 5.98. The minimum atomic E-state index is -4.53. The summed E-state index contributed by atoms with van der Waals surface area (Å²) in [7, 11) is 0. The van der Waals surface area contributed by atoms with Crippen LogP contribution in [0, 0.1) is 0 Å². The van der Waals surface area contributed by atoms with Crippen LogP contribution in [0.25, 0.3) is 0 Å². The number of carbonyl (C=O) groups excluding carboxylic acids is 2. The zero-order valence-corrected chi connectivity index (χ0v) is 18.3. The minimum absolute atomic E-state index is 0.0341. The lowest BCUT2D eigenvalue weighted by Gasteiger charge is -2.30. The molecule has 174 valence electrons. The van der Waals surface area contributed by atoms with Gasteiger partial charge in [-0.1, -0.05) is 18.5 Å². The zero-order valence-electron chi connectivity index (χ0n) is 17.6. The predicted molar refractivity (Wildman–Crippen MR) is 108 cm³/mol. The van der Waals surface area contributed by atoms with E-state index in [2.05, 4.69) is 14.6 Å². The highest BCUT2D eigenvalue weighted by Gasteiger charge is 2.30. The molecule has 1 fully saturated rings. The van der Waals surface area contributed by atoms with Gasteiger partial charge in [-0.25, -0.2) is 4.98 Å². The number of nitrogens with zero attached hydrogens (tertiary/aromatic N) is 3. The molecule has 1 aliphatic heterocycles. The van der Waals surface area contributed by atoms with Gasteiger partial charge in [-0.3, -0.25) is 14.5 Å². The fraction of sp³-hybridized carbons (Fsp3) is 0.650. The van der Waals surface area contributed by atoms with E-state index in [-0.39, 0.29) is 36.2 Å². The van der Waals surface area contributed by atoms with Crippen molar-refractivity contribution >= 4 is 23.5 Å². The Morgan fingerprint density at radius 2 is 2.10 bits per heavy atom. The molecule has 1 aliphatic rings. The number of hydrogen-bond acceptors (Lipinski definition) is 6. The molecule has 1 aromatic rings. The largest absolute Gasteiger partial charge is 0.467 e. The molecule has 31 heavy (non-hydrogen) atoms. The summed E-state index contributed by atoms with van der Waals surface area (Å²) in [6.07, 6.45) is -1.41. The summed E-state index contributed by atoms with van der Waals surface area (Å²) in [6, 6.07) is 1.39. The predicted octanol–water partition coefficient (Wildman–Crippen LogP) is 3.56. The van der Waals surface area contributed by atoms with Gasteiger partial charge in [0.25, 0.3) is 5.91 Å². The minimum Gasteiger partial charge on any atom is -0.467 e. The van der Waals surface area contributed by atoms with Gasteiger partial charge in [0.15, 0.2) is 6.61 Å². The molecule has 0 bridgehead atoms. The number of aromatic nitrogens is 1. The second kappa shape index (κ2) is 11.5. The average molecular weight is 466 g/mol. The third-order valence-electron chi connectivity index (χ3n) is 4.94. The first-order valence-electron chi connectivity index (χ1n) is 10.2. The molecule has 2 heterocycles. The number of likely N-dealkylation sites (N-methyl/N-ethyl adjacent to an activating group) is 1. The van der Waals surface area contributed by atoms with Gasteiger partial charge in [-0.05, 0) is 38.9 Å². The molecule has 1 saturated heterocycles. The smallest absolute Gasteiger partial charge is 0.422 e. The standard InChI is InChI=1S/C20H27ClF3N3O4/c1-3-26-8-5-6-15(26)12-27(9-7-17(28)30-4-2)19(29)14-10-16(21)18(25-11-14)31-13-20(22,23)24/h10-11,15H,3-9,12-13H2,1-2H3. The van der Waals surface area contributed by atoms with Crippen LogP contribution < -0.4 is 4.74 Å². The third-order valence-corrected chi connectivity index (χ3v) is 5.21. The fourth-order valence-electron chi connectivity index (χ4n) is 3.49. The van der Waals surface area contributed by atoms with Gasteiger partial charge in [0.05, 0.1) is 18.6 Å². The molecule has 0 saturated carbocycles. The zero-order chi connectivity index (χ0) is 23.0. The molecule has 0 radical (unpaired) electrons. The highest BCUT2D eigenvalue weighted by atomic mass is 35.5. The van der Waals surface area contributed by atoms with Crippen molar-refractivity contribution in [2.75, 3.05) is 39.4 Å². The average Bonchev–Trinajstić information content (AvgIpc) is 3.16. The van der Waals surface area contributed by atoms with E-state index in [4.69, 9.17) is 16.3 Å². The summed E-state index contributed by atoms with van der Waals surface area (Å²) in [6.45, 7) is 4.82. The molecular formula is C20H27ClF3N3O4. The highest BCUT2D eigenvalue weighted by molar-refractivity contribution is 6.32. The topological polar surface area (TPSA) is 72.0 Å². The Morgan fingerprint density at radius 3 is 2.71 bits per heavy atom. The lowest BCUT2D eigenvalue weighted by molar-refractivity contribution is -0.154. The highest BCUT2D eigenvalue weighted by Crippen LogP contribution is 2.26. The van der Waals surface area contributed by atoms with Crippen LogP contribution >= 0.6 is 11.6 Å². The first-order valence-corrected chi connectivity index (χ1v) is 10.6. The Labute approximate surface area is 184 Å². The molecule has 1 aromatic heterocycles. The van der Waals surface area contributed by atoms with Gasteiger partial charge in [0.2, 0.25) is 5.88 Å². The van der Waals surface area contributed by atoms with Crippen LogP contribution in [-0.4, -0.2) is 78.3 Å². The van der Waals surface area contributed by atoms with E-state index in [1.54, 1.807) is 11.8 Å². The number of esters is 1. The van der Waals surface area contributed by atoms with Crippen molar-refractivity contribution in [1.29, 1.82) is 0 Å². The van der Waals surface area contributed by atoms with Gasteiger partial charge in [0.1, 0.15) is 5.02 Å². The summed E-state index contributed by atoms with van der Waals surface area (Å²) < 4.78 is 46.6. The van der Waals surface area contributed by atoms with E-state index in [1.807, 2.05) is 6.92 Å². The van der Waals surface area contributed by atoms with E-state index < -0.39 is 30.5 Å². The number of hydrogen-bond donors (Lipinski definition) is 0. The van der Waals surface area contributed by atoms with Crippen LogP contribution in [0.4, 0.5) is 13.2 Å². The van der Waals surface area contributed by atoms with Gasteiger partial charge < -0.3 is 14.4 Å². The number of halogens is 4. The van der Waals surface area contributed by atoms with E-state index >= 15 is 0 Å². The number of rotatable bonds is 10. The van der Waals surface area contributed by atoms with E-state index in [9.17, 15) is 22.8 Å². The van der Waals surface area contributed by atoms with Crippen molar-refractivity contribution in [3.63, 3.8) is 0 Å². The number of alkyl halides is 3. The molecule has 1 amide bonds. The number of carbonyl (C=O) groups is 2. The first kappa shape index (κ1) is 25.2. The molecule has 0 aliphatic carbocycles. The monoisotopic (exact) mass is 465 g/mol. The van der Waals surface area contributed by atoms with Gasteiger partial charge in [0, 0.05) is 25.3 Å². The molecule has 1 atom stereocenters. The molecule has 0 N–H and O–H groups in total. The quantitative estimate of drug-likeness (QED) is 0.492. The number of pyridine rings is 1. The second-order valence-corrected chi connectivity index (χ2v) is 7.55. The summed E-state index contributed by atoms with van der Waals surface area (Å²) in [5.41, 5.74) is 0.106. The Morgan fingerprint density at radius 1 is 1.35 bits per heavy atom. The Kier molecular flexibility index (Phi) is 9.36. The SMILES string of the molecule is CCOC(=O)CCN(CC1CCCN1CC)C(=O)c1cnc(OCC(F)(F)F)c(Cl)c1. The Hall–Kier alpha value is -2.07. The summed E-state index contributed by atoms with van der Waals surface area (Å²) in [5.74, 6) is -1.23. The molecule has 0 spiro atoms. The van der Waals surface area contributed by atoms with Crippen LogP contribution in [0.15, 0.2) is 12.3 Å². The normalized spacial score (nSPS) is 16.9. The Bertz CT molecular complexity index is 764. The number of ether oxygens (including phenoxy) is 2. The lowest BCUT2D eigenvalue weighted by atomic mass is 10.1. The first-order chi connectivity index (χ1) is 14.6. The summed E-state index contributed by atoms with van der Waals surface area (Å²) in [4.78, 5) is 32.5. The molecule has 0 aromatic carbocycles. The number of amides is 1. The van der Waals surface area contributed by atoms with E-state index in [0.717, 1.165) is 32.1 Å². The molecule has 2 rings (SSSR count). The fourth-order valence-corrected chi connectivity index (χ4v) is 3.71. The lowest BCUT2D eigenvalue weighted by Crippen LogP contribution is -2.44. The third kappa shape index (κ3) is 7.84. The van der Waals surface area contributed by atoms with Crippen LogP contribution in [0.2, 0.25) is 5.02 Å². The van der Waals surface area contributed by atoms with E-state index in [1.165, 1.54) is 6.07 Å². The van der Waals surface area contributed by atoms with Crippen molar-refractivity contribution in [2.45, 2.75) is 45.3 Å². The maximum atomic E-state index is 13.1. The maximum absolute atomic E-state index is 13.1. The van der Waals surface area contributed by atoms with Gasteiger partial charge in [-0.15, -0.1) is 0 Å². The summed E-state index contributed by atoms with van der Waals surface area (Å²) in [5, 5.41) is -0.198. The van der Waals surface area contributed by atoms with Gasteiger partial charge >= 0.3 is 12.1 Å². The van der Waals surface area contributed by atoms with Crippen molar-refractivity contribution in [2.24, 2.45) is 0 Å². The van der Waals surface area contributed by atoms with E-state index in [0.29, 0.717) is 6.54 Å². The van der Waals surface area contributed by atoms with Gasteiger partial charge in [-0.2, -0.15) is 13.2 Å². The van der Waals surface area contributed by atoms with Crippen LogP contribution in [-0.2, 0) is 9.53 Å². The van der Waals surface area contributed by atoms with Crippen LogP contribution in [0.5, 0.6) is 5.88 Å². The molecule has 11 heteroatoms. The molecule has 1 unspecified atom stereocenters. The molecule has 7 nitrogen and oxygen atoms in total. The van der Waals surface area contributed by atoms with Crippen LogP contribution in [0.3, 0.4) is 0 Å². The van der Waals surface area contributed by atoms with Crippen molar-refractivity contribution < 1.29 is 32.2 Å². The Balaban J connectivity index is 2.14. The number of likely N-dealkylation sites (tertiary alicyclic amines) is 1. The maximum Gasteiger partial charge on any atom is 0.422 e. The van der Waals surface area contributed by atoms with Crippen LogP contribution in [0.1, 0.15) is 43.5 Å².